The molecular formula is C11H19F2NO2. The fourth-order valence-electron chi connectivity index (χ4n) is 2.11. The van der Waals surface area contributed by atoms with E-state index in [0.717, 1.165) is 0 Å². The largest absolute Gasteiger partial charge is 0.392 e. The van der Waals surface area contributed by atoms with Gasteiger partial charge in [-0.1, -0.05) is 0 Å². The van der Waals surface area contributed by atoms with E-state index in [1.54, 1.807) is 13.8 Å². The zero-order chi connectivity index (χ0) is 12.6. The second-order valence-corrected chi connectivity index (χ2v) is 5.22. The van der Waals surface area contributed by atoms with Crippen molar-refractivity contribution in [3.63, 3.8) is 0 Å². The molecule has 0 aliphatic heterocycles. The van der Waals surface area contributed by atoms with E-state index in [1.165, 1.54) is 0 Å². The van der Waals surface area contributed by atoms with Gasteiger partial charge < -0.3 is 10.8 Å². The van der Waals surface area contributed by atoms with Gasteiger partial charge in [-0.3, -0.25) is 4.79 Å². The van der Waals surface area contributed by atoms with Crippen molar-refractivity contribution in [2.75, 3.05) is 0 Å². The topological polar surface area (TPSA) is 63.3 Å². The second kappa shape index (κ2) is 4.28. The summed E-state index contributed by atoms with van der Waals surface area (Å²) in [6, 6.07) is 0. The van der Waals surface area contributed by atoms with Crippen molar-refractivity contribution >= 4 is 5.91 Å². The number of aliphatic hydroxyl groups is 1. The average Bonchev–Trinajstić information content (AvgIpc) is 2.16. The minimum atomic E-state index is -2.62. The number of primary amides is 1. The third-order valence-electron chi connectivity index (χ3n) is 3.58. The van der Waals surface area contributed by atoms with Gasteiger partial charge in [-0.05, 0) is 32.6 Å². The number of hydrogen-bond donors (Lipinski definition) is 2. The molecule has 0 aromatic rings. The molecule has 0 bridgehead atoms. The van der Waals surface area contributed by atoms with E-state index in [2.05, 4.69) is 0 Å². The second-order valence-electron chi connectivity index (χ2n) is 5.22. The standard InChI is InChI=1S/C11H19F2NO2/c1-10(2,9(14)16)8(15)7-3-5-11(12,13)6-4-7/h7-8,15H,3-6H2,1-2H3,(H2,14,16). The van der Waals surface area contributed by atoms with Crippen molar-refractivity contribution in [3.8, 4) is 0 Å². The monoisotopic (exact) mass is 235 g/mol. The van der Waals surface area contributed by atoms with Crippen LogP contribution in [0.4, 0.5) is 8.78 Å². The summed E-state index contributed by atoms with van der Waals surface area (Å²) in [5.41, 5.74) is 4.13. The Bertz CT molecular complexity index is 269. The number of carbonyl (C=O) groups excluding carboxylic acids is 1. The maximum Gasteiger partial charge on any atom is 0.248 e. The zero-order valence-corrected chi connectivity index (χ0v) is 9.67. The Hall–Kier alpha value is -0.710. The lowest BCUT2D eigenvalue weighted by Gasteiger charge is -2.37. The fraction of sp³-hybridized carbons (Fsp3) is 0.909. The van der Waals surface area contributed by atoms with Gasteiger partial charge in [-0.25, -0.2) is 8.78 Å². The van der Waals surface area contributed by atoms with Gasteiger partial charge >= 0.3 is 0 Å². The smallest absolute Gasteiger partial charge is 0.248 e. The van der Waals surface area contributed by atoms with Crippen LogP contribution in [0.2, 0.25) is 0 Å². The summed E-state index contributed by atoms with van der Waals surface area (Å²) < 4.78 is 25.8. The van der Waals surface area contributed by atoms with E-state index < -0.39 is 23.3 Å². The van der Waals surface area contributed by atoms with E-state index >= 15 is 0 Å². The van der Waals surface area contributed by atoms with E-state index in [4.69, 9.17) is 5.73 Å². The normalized spacial score (nSPS) is 24.1. The molecule has 0 aromatic heterocycles. The molecule has 1 unspecified atom stereocenters. The Balaban J connectivity index is 2.64. The Morgan fingerprint density at radius 1 is 1.44 bits per heavy atom. The molecule has 3 N–H and O–H groups in total. The van der Waals surface area contributed by atoms with Crippen LogP contribution >= 0.6 is 0 Å². The highest BCUT2D eigenvalue weighted by Gasteiger charge is 2.43. The van der Waals surface area contributed by atoms with Crippen molar-refractivity contribution in [2.24, 2.45) is 17.1 Å². The first-order valence-electron chi connectivity index (χ1n) is 5.52. The van der Waals surface area contributed by atoms with Gasteiger partial charge in [0.15, 0.2) is 0 Å². The summed E-state index contributed by atoms with van der Waals surface area (Å²) in [5, 5.41) is 10.00. The number of hydrogen-bond acceptors (Lipinski definition) is 2. The van der Waals surface area contributed by atoms with Crippen molar-refractivity contribution in [2.45, 2.75) is 51.6 Å². The number of amides is 1. The van der Waals surface area contributed by atoms with Gasteiger partial charge in [0, 0.05) is 12.8 Å². The molecule has 16 heavy (non-hydrogen) atoms. The molecule has 0 heterocycles. The maximum absolute atomic E-state index is 12.9. The summed E-state index contributed by atoms with van der Waals surface area (Å²) in [4.78, 5) is 11.1. The quantitative estimate of drug-likeness (QED) is 0.781. The number of nitrogens with two attached hydrogens (primary N) is 1. The molecule has 3 nitrogen and oxygen atoms in total. The molecule has 1 fully saturated rings. The highest BCUT2D eigenvalue weighted by molar-refractivity contribution is 5.80. The molecule has 0 saturated heterocycles. The first-order valence-corrected chi connectivity index (χ1v) is 5.52. The molecule has 1 aliphatic rings. The van der Waals surface area contributed by atoms with E-state index in [0.29, 0.717) is 0 Å². The van der Waals surface area contributed by atoms with Crippen LogP contribution in [-0.2, 0) is 4.79 Å². The van der Waals surface area contributed by atoms with Crippen LogP contribution in [0, 0.1) is 11.3 Å². The number of rotatable bonds is 3. The Kier molecular flexibility index (Phi) is 3.57. The lowest BCUT2D eigenvalue weighted by molar-refractivity contribution is -0.137. The number of carbonyl (C=O) groups is 1. The molecule has 1 saturated carbocycles. The predicted molar refractivity (Wildman–Crippen MR) is 55.9 cm³/mol. The molecule has 5 heteroatoms. The first kappa shape index (κ1) is 13.4. The molecule has 0 radical (unpaired) electrons. The van der Waals surface area contributed by atoms with Crippen molar-refractivity contribution < 1.29 is 18.7 Å². The summed E-state index contributed by atoms with van der Waals surface area (Å²) >= 11 is 0. The van der Waals surface area contributed by atoms with Crippen LogP contribution in [0.3, 0.4) is 0 Å². The minimum Gasteiger partial charge on any atom is -0.392 e. The minimum absolute atomic E-state index is 0.219. The van der Waals surface area contributed by atoms with E-state index in [-0.39, 0.29) is 31.6 Å². The van der Waals surface area contributed by atoms with Crippen LogP contribution in [0.5, 0.6) is 0 Å². The Morgan fingerprint density at radius 2 is 1.88 bits per heavy atom. The molecule has 1 rings (SSSR count). The highest BCUT2D eigenvalue weighted by Crippen LogP contribution is 2.40. The van der Waals surface area contributed by atoms with Crippen molar-refractivity contribution in [1.29, 1.82) is 0 Å². The van der Waals surface area contributed by atoms with Crippen molar-refractivity contribution in [1.82, 2.24) is 0 Å². The van der Waals surface area contributed by atoms with E-state index in [9.17, 15) is 18.7 Å². The van der Waals surface area contributed by atoms with Gasteiger partial charge in [-0.2, -0.15) is 0 Å². The first-order chi connectivity index (χ1) is 7.17. The number of aliphatic hydroxyl groups excluding tert-OH is 1. The summed E-state index contributed by atoms with van der Waals surface area (Å²) in [7, 11) is 0. The summed E-state index contributed by atoms with van der Waals surface area (Å²) in [5.74, 6) is -3.48. The van der Waals surface area contributed by atoms with Crippen LogP contribution in [0.15, 0.2) is 0 Å². The van der Waals surface area contributed by atoms with Crippen LogP contribution in [-0.4, -0.2) is 23.0 Å². The van der Waals surface area contributed by atoms with Crippen molar-refractivity contribution in [3.05, 3.63) is 0 Å². The van der Waals surface area contributed by atoms with Crippen LogP contribution in [0.1, 0.15) is 39.5 Å². The molecule has 0 spiro atoms. The molecule has 0 aromatic carbocycles. The zero-order valence-electron chi connectivity index (χ0n) is 9.67. The molecule has 1 aliphatic carbocycles. The van der Waals surface area contributed by atoms with Crippen LogP contribution < -0.4 is 5.73 Å². The molecular weight excluding hydrogens is 216 g/mol. The van der Waals surface area contributed by atoms with Gasteiger partial charge in [0.2, 0.25) is 11.8 Å². The predicted octanol–water partition coefficient (Wildman–Crippen LogP) is 1.68. The third-order valence-corrected chi connectivity index (χ3v) is 3.58. The Morgan fingerprint density at radius 3 is 2.25 bits per heavy atom. The number of alkyl halides is 2. The van der Waals surface area contributed by atoms with E-state index in [1.807, 2.05) is 0 Å². The number of halogens is 2. The molecule has 94 valence electrons. The van der Waals surface area contributed by atoms with Gasteiger partial charge in [0.25, 0.3) is 0 Å². The highest BCUT2D eigenvalue weighted by atomic mass is 19.3. The van der Waals surface area contributed by atoms with Gasteiger partial charge in [0.1, 0.15) is 0 Å². The average molecular weight is 235 g/mol. The molecule has 1 amide bonds. The fourth-order valence-corrected chi connectivity index (χ4v) is 2.11. The summed E-state index contributed by atoms with van der Waals surface area (Å²) in [6.45, 7) is 3.10. The van der Waals surface area contributed by atoms with Gasteiger partial charge in [0.05, 0.1) is 11.5 Å². The Labute approximate surface area is 94.0 Å². The lowest BCUT2D eigenvalue weighted by atomic mass is 9.73. The van der Waals surface area contributed by atoms with Crippen LogP contribution in [0.25, 0.3) is 0 Å². The SMILES string of the molecule is CC(C)(C(N)=O)C(O)C1CCC(F)(F)CC1. The molecule has 1 atom stereocenters. The van der Waals surface area contributed by atoms with Gasteiger partial charge in [-0.15, -0.1) is 0 Å². The maximum atomic E-state index is 12.9. The third kappa shape index (κ3) is 2.70. The summed E-state index contributed by atoms with van der Waals surface area (Å²) in [6.07, 6.45) is -0.899. The lowest BCUT2D eigenvalue weighted by Crippen LogP contribution is -2.47.